The van der Waals surface area contributed by atoms with Crippen molar-refractivity contribution in [1.29, 1.82) is 0 Å². The van der Waals surface area contributed by atoms with Crippen molar-refractivity contribution in [2.24, 2.45) is 0 Å². The minimum absolute atomic E-state index is 0.940. The number of aromatic nitrogens is 2. The van der Waals surface area contributed by atoms with Crippen LogP contribution in [0.2, 0.25) is 0 Å². The summed E-state index contributed by atoms with van der Waals surface area (Å²) in [6.45, 7) is 0. The second kappa shape index (κ2) is 10.3. The van der Waals surface area contributed by atoms with Crippen LogP contribution in [0.25, 0.3) is 44.8 Å². The normalized spacial score (nSPS) is 10.7. The average molecular weight is 476 g/mol. The molecule has 6 rings (SSSR count). The maximum Gasteiger partial charge on any atom is 0.0702 e. The van der Waals surface area contributed by atoms with Gasteiger partial charge in [0.15, 0.2) is 0 Å². The number of nitrogens with one attached hydrogen (secondary N) is 1. The molecule has 6 aromatic rings. The van der Waals surface area contributed by atoms with Crippen LogP contribution >= 0.6 is 0 Å². The Kier molecular flexibility index (Phi) is 6.25. The Morgan fingerprint density at radius 1 is 0.351 bits per heavy atom. The van der Waals surface area contributed by atoms with Gasteiger partial charge in [0.2, 0.25) is 0 Å². The standard InChI is InChI=1S/C34H25N3/c1-3-11-25(12-4-1)27-19-29(33-15-7-9-17-35-33)23-31(21-27)37-32-22-28(26-13-5-2-6-14-26)20-30(24-32)34-16-8-10-18-36-34/h1-24,37H. The number of hydrogen-bond acceptors (Lipinski definition) is 3. The van der Waals surface area contributed by atoms with Gasteiger partial charge in [-0.2, -0.15) is 0 Å². The average Bonchev–Trinajstić information content (AvgIpc) is 2.99. The summed E-state index contributed by atoms with van der Waals surface area (Å²) >= 11 is 0. The Bertz CT molecular complexity index is 1370. The summed E-state index contributed by atoms with van der Waals surface area (Å²) in [5.74, 6) is 0. The quantitative estimate of drug-likeness (QED) is 0.261. The van der Waals surface area contributed by atoms with Gasteiger partial charge in [0.1, 0.15) is 0 Å². The van der Waals surface area contributed by atoms with E-state index in [1.54, 1.807) is 0 Å². The fourth-order valence-corrected chi connectivity index (χ4v) is 4.52. The lowest BCUT2D eigenvalue weighted by Crippen LogP contribution is -1.95. The number of benzene rings is 4. The van der Waals surface area contributed by atoms with Crippen LogP contribution in [0.4, 0.5) is 11.4 Å². The van der Waals surface area contributed by atoms with Gasteiger partial charge in [0, 0.05) is 34.9 Å². The highest BCUT2D eigenvalue weighted by atomic mass is 14.9. The summed E-state index contributed by atoms with van der Waals surface area (Å²) in [5.41, 5.74) is 10.6. The third-order valence-corrected chi connectivity index (χ3v) is 6.29. The molecule has 0 amide bonds. The minimum Gasteiger partial charge on any atom is -0.355 e. The zero-order chi connectivity index (χ0) is 24.9. The zero-order valence-corrected chi connectivity index (χ0v) is 20.3. The van der Waals surface area contributed by atoms with Crippen molar-refractivity contribution in [1.82, 2.24) is 9.97 Å². The van der Waals surface area contributed by atoms with Crippen molar-refractivity contribution in [2.45, 2.75) is 0 Å². The molecular weight excluding hydrogens is 450 g/mol. The lowest BCUT2D eigenvalue weighted by Gasteiger charge is -2.15. The smallest absolute Gasteiger partial charge is 0.0702 e. The molecule has 3 heteroatoms. The second-order valence-corrected chi connectivity index (χ2v) is 8.89. The van der Waals surface area contributed by atoms with Crippen molar-refractivity contribution in [3.8, 4) is 44.8 Å². The lowest BCUT2D eigenvalue weighted by atomic mass is 9.99. The van der Waals surface area contributed by atoms with Gasteiger partial charge in [0.25, 0.3) is 0 Å². The monoisotopic (exact) mass is 475 g/mol. The summed E-state index contributed by atoms with van der Waals surface area (Å²) in [5, 5.41) is 3.69. The summed E-state index contributed by atoms with van der Waals surface area (Å²) in [6, 6.07) is 46.0. The van der Waals surface area contributed by atoms with E-state index in [4.69, 9.17) is 0 Å². The number of pyridine rings is 2. The van der Waals surface area contributed by atoms with E-state index in [1.807, 2.05) is 60.9 Å². The SMILES string of the molecule is c1ccc(-c2cc(Nc3cc(-c4ccccc4)cc(-c4ccccn4)c3)cc(-c3ccccn3)c2)cc1. The van der Waals surface area contributed by atoms with Gasteiger partial charge in [0.05, 0.1) is 11.4 Å². The molecule has 0 atom stereocenters. The molecule has 0 aliphatic rings. The maximum atomic E-state index is 4.60. The molecule has 37 heavy (non-hydrogen) atoms. The molecule has 0 spiro atoms. The summed E-state index contributed by atoms with van der Waals surface area (Å²) < 4.78 is 0. The van der Waals surface area contributed by atoms with Gasteiger partial charge < -0.3 is 5.32 Å². The van der Waals surface area contributed by atoms with E-state index in [9.17, 15) is 0 Å². The predicted molar refractivity (Wildman–Crippen MR) is 154 cm³/mol. The van der Waals surface area contributed by atoms with Gasteiger partial charge in [-0.25, -0.2) is 0 Å². The third kappa shape index (κ3) is 5.16. The summed E-state index contributed by atoms with van der Waals surface area (Å²) in [4.78, 5) is 9.21. The molecule has 176 valence electrons. The molecule has 0 aliphatic heterocycles. The van der Waals surface area contributed by atoms with Crippen molar-refractivity contribution in [3.63, 3.8) is 0 Å². The largest absolute Gasteiger partial charge is 0.355 e. The molecule has 0 saturated carbocycles. The highest BCUT2D eigenvalue weighted by molar-refractivity contribution is 5.82. The highest BCUT2D eigenvalue weighted by Crippen LogP contribution is 2.34. The van der Waals surface area contributed by atoms with E-state index in [-0.39, 0.29) is 0 Å². The Hall–Kier alpha value is -5.02. The molecule has 2 aromatic heterocycles. The zero-order valence-electron chi connectivity index (χ0n) is 20.3. The first-order chi connectivity index (χ1) is 18.3. The Morgan fingerprint density at radius 3 is 1.16 bits per heavy atom. The molecule has 0 bridgehead atoms. The van der Waals surface area contributed by atoms with E-state index >= 15 is 0 Å². The number of hydrogen-bond donors (Lipinski definition) is 1. The summed E-state index contributed by atoms with van der Waals surface area (Å²) in [7, 11) is 0. The first-order valence-electron chi connectivity index (χ1n) is 12.3. The number of rotatable bonds is 6. The van der Waals surface area contributed by atoms with Gasteiger partial charge in [-0.05, 0) is 82.9 Å². The van der Waals surface area contributed by atoms with Crippen LogP contribution < -0.4 is 5.32 Å². The highest BCUT2D eigenvalue weighted by Gasteiger charge is 2.10. The topological polar surface area (TPSA) is 37.8 Å². The van der Waals surface area contributed by atoms with E-state index in [1.165, 1.54) is 0 Å². The molecule has 4 aromatic carbocycles. The molecule has 2 heterocycles. The predicted octanol–water partition coefficient (Wildman–Crippen LogP) is 8.89. The Labute approximate surface area is 217 Å². The van der Waals surface area contributed by atoms with Gasteiger partial charge >= 0.3 is 0 Å². The van der Waals surface area contributed by atoms with Crippen LogP contribution in [0.5, 0.6) is 0 Å². The minimum atomic E-state index is 0.940. The van der Waals surface area contributed by atoms with Crippen LogP contribution in [0.15, 0.2) is 146 Å². The molecule has 0 fully saturated rings. The Balaban J connectivity index is 1.46. The fourth-order valence-electron chi connectivity index (χ4n) is 4.52. The van der Waals surface area contributed by atoms with Crippen molar-refractivity contribution >= 4 is 11.4 Å². The second-order valence-electron chi connectivity index (χ2n) is 8.89. The Morgan fingerprint density at radius 2 is 0.757 bits per heavy atom. The van der Waals surface area contributed by atoms with E-state index in [2.05, 4.69) is 100 Å². The van der Waals surface area contributed by atoms with Crippen molar-refractivity contribution in [2.75, 3.05) is 5.32 Å². The van der Waals surface area contributed by atoms with Crippen LogP contribution in [-0.2, 0) is 0 Å². The van der Waals surface area contributed by atoms with E-state index in [0.717, 1.165) is 56.1 Å². The molecule has 1 N–H and O–H groups in total. The first kappa shape index (κ1) is 22.4. The van der Waals surface area contributed by atoms with Gasteiger partial charge in [-0.3, -0.25) is 9.97 Å². The molecule has 0 radical (unpaired) electrons. The first-order valence-corrected chi connectivity index (χ1v) is 12.3. The summed E-state index contributed by atoms with van der Waals surface area (Å²) in [6.07, 6.45) is 3.67. The maximum absolute atomic E-state index is 4.60. The van der Waals surface area contributed by atoms with E-state index < -0.39 is 0 Å². The third-order valence-electron chi connectivity index (χ3n) is 6.29. The molecule has 3 nitrogen and oxygen atoms in total. The molecular formula is C34H25N3. The van der Waals surface area contributed by atoms with Crippen molar-refractivity contribution in [3.05, 3.63) is 146 Å². The lowest BCUT2D eigenvalue weighted by molar-refractivity contribution is 1.32. The van der Waals surface area contributed by atoms with Crippen LogP contribution in [0.3, 0.4) is 0 Å². The number of nitrogens with zero attached hydrogens (tertiary/aromatic N) is 2. The van der Waals surface area contributed by atoms with Crippen LogP contribution in [0.1, 0.15) is 0 Å². The molecule has 0 aliphatic carbocycles. The van der Waals surface area contributed by atoms with Crippen molar-refractivity contribution < 1.29 is 0 Å². The number of anilines is 2. The van der Waals surface area contributed by atoms with Crippen LogP contribution in [-0.4, -0.2) is 9.97 Å². The van der Waals surface area contributed by atoms with Gasteiger partial charge in [-0.1, -0.05) is 72.8 Å². The molecule has 0 saturated heterocycles. The molecule has 0 unspecified atom stereocenters. The fraction of sp³-hybridized carbons (Fsp3) is 0. The van der Waals surface area contributed by atoms with E-state index in [0.29, 0.717) is 0 Å². The van der Waals surface area contributed by atoms with Crippen LogP contribution in [0, 0.1) is 0 Å². The van der Waals surface area contributed by atoms with Gasteiger partial charge in [-0.15, -0.1) is 0 Å².